The lowest BCUT2D eigenvalue weighted by molar-refractivity contribution is 0.565. The number of hydrogen-bond donors (Lipinski definition) is 1. The average Bonchev–Trinajstić information content (AvgIpc) is 2.54. The third-order valence-corrected chi connectivity index (χ3v) is 2.73. The molecule has 0 spiro atoms. The van der Waals surface area contributed by atoms with E-state index in [0.717, 1.165) is 29.3 Å². The lowest BCUT2D eigenvalue weighted by atomic mass is 9.93. The van der Waals surface area contributed by atoms with Crippen LogP contribution in [-0.2, 0) is 11.8 Å². The Labute approximate surface area is 95.5 Å². The van der Waals surface area contributed by atoms with Gasteiger partial charge in [0.2, 0.25) is 0 Å². The minimum atomic E-state index is 0.0251. The maximum atomic E-state index is 6.03. The van der Waals surface area contributed by atoms with E-state index in [9.17, 15) is 0 Å². The zero-order valence-corrected chi connectivity index (χ0v) is 10.3. The van der Waals surface area contributed by atoms with Gasteiger partial charge in [-0.1, -0.05) is 27.7 Å². The molecule has 2 heterocycles. The molecule has 0 saturated carbocycles. The van der Waals surface area contributed by atoms with Crippen molar-refractivity contribution in [3.05, 3.63) is 23.8 Å². The van der Waals surface area contributed by atoms with E-state index >= 15 is 0 Å². The maximum absolute atomic E-state index is 6.03. The molecule has 86 valence electrons. The van der Waals surface area contributed by atoms with Gasteiger partial charge in [-0.15, -0.1) is 0 Å². The van der Waals surface area contributed by atoms with Gasteiger partial charge >= 0.3 is 0 Å². The molecule has 0 unspecified atom stereocenters. The van der Waals surface area contributed by atoms with Gasteiger partial charge in [0, 0.05) is 11.6 Å². The van der Waals surface area contributed by atoms with Crippen molar-refractivity contribution in [3.8, 4) is 0 Å². The molecule has 0 atom stereocenters. The normalized spacial score (nSPS) is 12.2. The number of rotatable bonds is 1. The molecule has 0 aromatic carbocycles. The molecule has 0 aliphatic carbocycles. The first-order valence-corrected chi connectivity index (χ1v) is 5.56. The molecular weight excluding hydrogens is 200 g/mol. The van der Waals surface area contributed by atoms with Crippen LogP contribution in [0.25, 0.3) is 5.65 Å². The summed E-state index contributed by atoms with van der Waals surface area (Å²) in [6, 6.07) is 0. The Balaban J connectivity index is 2.66. The molecule has 2 aromatic rings. The van der Waals surface area contributed by atoms with Crippen molar-refractivity contribution in [3.63, 3.8) is 0 Å². The second-order valence-electron chi connectivity index (χ2n) is 5.05. The molecular formula is C12H18N4. The first kappa shape index (κ1) is 10.9. The first-order valence-electron chi connectivity index (χ1n) is 5.56. The van der Waals surface area contributed by atoms with E-state index in [1.54, 1.807) is 6.20 Å². The van der Waals surface area contributed by atoms with E-state index in [1.807, 2.05) is 10.6 Å². The number of nitrogen functional groups attached to an aromatic ring is 1. The minimum Gasteiger partial charge on any atom is -0.383 e. The van der Waals surface area contributed by atoms with Crippen molar-refractivity contribution in [1.82, 2.24) is 14.4 Å². The van der Waals surface area contributed by atoms with E-state index in [0.29, 0.717) is 0 Å². The summed E-state index contributed by atoms with van der Waals surface area (Å²) in [6.07, 6.45) is 4.62. The van der Waals surface area contributed by atoms with Crippen LogP contribution in [0.5, 0.6) is 0 Å². The topological polar surface area (TPSA) is 56.2 Å². The van der Waals surface area contributed by atoms with E-state index in [4.69, 9.17) is 5.73 Å². The fourth-order valence-corrected chi connectivity index (χ4v) is 1.67. The summed E-state index contributed by atoms with van der Waals surface area (Å²) in [5.41, 5.74) is 8.84. The van der Waals surface area contributed by atoms with Crippen LogP contribution < -0.4 is 5.73 Å². The Bertz CT molecular complexity index is 520. The van der Waals surface area contributed by atoms with Crippen molar-refractivity contribution < 1.29 is 0 Å². The van der Waals surface area contributed by atoms with E-state index in [1.165, 1.54) is 0 Å². The maximum Gasteiger partial charge on any atom is 0.157 e. The number of nitrogens with two attached hydrogens (primary N) is 1. The molecule has 0 amide bonds. The summed E-state index contributed by atoms with van der Waals surface area (Å²) in [6.45, 7) is 8.45. The van der Waals surface area contributed by atoms with Crippen molar-refractivity contribution in [2.24, 2.45) is 0 Å². The third-order valence-electron chi connectivity index (χ3n) is 2.73. The zero-order chi connectivity index (χ0) is 11.9. The van der Waals surface area contributed by atoms with Crippen LogP contribution in [0.4, 0.5) is 5.82 Å². The fraction of sp³-hybridized carbons (Fsp3) is 0.500. The van der Waals surface area contributed by atoms with Gasteiger partial charge in [-0.3, -0.25) is 9.38 Å². The lowest BCUT2D eigenvalue weighted by Crippen LogP contribution is -2.14. The molecule has 0 fully saturated rings. The SMILES string of the molecule is CCc1nc2cnc(C(C)(C)C)cn2c1N. The lowest BCUT2D eigenvalue weighted by Gasteiger charge is -2.17. The van der Waals surface area contributed by atoms with Gasteiger partial charge in [0.15, 0.2) is 5.65 Å². The molecule has 0 saturated heterocycles. The number of fused-ring (bicyclic) bond motifs is 1. The van der Waals surface area contributed by atoms with E-state index in [2.05, 4.69) is 37.7 Å². The molecule has 0 aliphatic rings. The summed E-state index contributed by atoms with van der Waals surface area (Å²) in [4.78, 5) is 8.86. The quantitative estimate of drug-likeness (QED) is 0.798. The van der Waals surface area contributed by atoms with Gasteiger partial charge in [0.05, 0.1) is 17.6 Å². The van der Waals surface area contributed by atoms with Crippen molar-refractivity contribution >= 4 is 11.5 Å². The number of nitrogens with zero attached hydrogens (tertiary/aromatic N) is 3. The van der Waals surface area contributed by atoms with Crippen molar-refractivity contribution in [2.45, 2.75) is 39.5 Å². The van der Waals surface area contributed by atoms with Gasteiger partial charge in [0.1, 0.15) is 5.82 Å². The Hall–Kier alpha value is -1.58. The fourth-order valence-electron chi connectivity index (χ4n) is 1.67. The number of imidazole rings is 1. The number of hydrogen-bond acceptors (Lipinski definition) is 3. The van der Waals surface area contributed by atoms with Gasteiger partial charge < -0.3 is 5.73 Å². The van der Waals surface area contributed by atoms with Crippen molar-refractivity contribution in [2.75, 3.05) is 5.73 Å². The number of aryl methyl sites for hydroxylation is 1. The minimum absolute atomic E-state index is 0.0251. The van der Waals surface area contributed by atoms with Gasteiger partial charge in [0.25, 0.3) is 0 Å². The summed E-state index contributed by atoms with van der Waals surface area (Å²) in [7, 11) is 0. The van der Waals surface area contributed by atoms with Gasteiger partial charge in [-0.05, 0) is 6.42 Å². The first-order chi connectivity index (χ1) is 7.43. The smallest absolute Gasteiger partial charge is 0.157 e. The third kappa shape index (κ3) is 1.64. The molecule has 16 heavy (non-hydrogen) atoms. The number of anilines is 1. The van der Waals surface area contributed by atoms with E-state index < -0.39 is 0 Å². The summed E-state index contributed by atoms with van der Waals surface area (Å²) >= 11 is 0. The summed E-state index contributed by atoms with van der Waals surface area (Å²) in [5, 5.41) is 0. The second-order valence-corrected chi connectivity index (χ2v) is 5.05. The standard InChI is InChI=1S/C12H18N4/c1-5-8-11(13)16-7-9(12(2,3)4)14-6-10(16)15-8/h6-7H,5,13H2,1-4H3. The Kier molecular flexibility index (Phi) is 2.37. The Morgan fingerprint density at radius 2 is 2.06 bits per heavy atom. The van der Waals surface area contributed by atoms with Crippen LogP contribution in [0.1, 0.15) is 39.1 Å². The zero-order valence-electron chi connectivity index (χ0n) is 10.3. The second kappa shape index (κ2) is 3.47. The summed E-state index contributed by atoms with van der Waals surface area (Å²) in [5.74, 6) is 0.727. The van der Waals surface area contributed by atoms with Crippen LogP contribution >= 0.6 is 0 Å². The predicted octanol–water partition coefficient (Wildman–Crippen LogP) is 2.17. The monoisotopic (exact) mass is 218 g/mol. The summed E-state index contributed by atoms with van der Waals surface area (Å²) < 4.78 is 1.92. The number of aromatic nitrogens is 3. The highest BCUT2D eigenvalue weighted by Gasteiger charge is 2.17. The molecule has 4 heteroatoms. The molecule has 2 N–H and O–H groups in total. The van der Waals surface area contributed by atoms with Crippen LogP contribution in [0.3, 0.4) is 0 Å². The van der Waals surface area contributed by atoms with Crippen molar-refractivity contribution in [1.29, 1.82) is 0 Å². The van der Waals surface area contributed by atoms with Crippen LogP contribution in [0, 0.1) is 0 Å². The van der Waals surface area contributed by atoms with Crippen LogP contribution in [-0.4, -0.2) is 14.4 Å². The largest absolute Gasteiger partial charge is 0.383 e. The highest BCUT2D eigenvalue weighted by molar-refractivity contribution is 5.51. The molecule has 0 aliphatic heterocycles. The molecule has 4 nitrogen and oxygen atoms in total. The molecule has 2 rings (SSSR count). The van der Waals surface area contributed by atoms with Crippen LogP contribution in [0.15, 0.2) is 12.4 Å². The highest BCUT2D eigenvalue weighted by atomic mass is 15.1. The van der Waals surface area contributed by atoms with Gasteiger partial charge in [-0.2, -0.15) is 0 Å². The average molecular weight is 218 g/mol. The van der Waals surface area contributed by atoms with Gasteiger partial charge in [-0.25, -0.2) is 4.98 Å². The molecule has 2 aromatic heterocycles. The Morgan fingerprint density at radius 3 is 2.62 bits per heavy atom. The predicted molar refractivity (Wildman–Crippen MR) is 65.5 cm³/mol. The van der Waals surface area contributed by atoms with Crippen LogP contribution in [0.2, 0.25) is 0 Å². The van der Waals surface area contributed by atoms with E-state index in [-0.39, 0.29) is 5.41 Å². The Morgan fingerprint density at radius 1 is 1.38 bits per heavy atom. The molecule has 0 bridgehead atoms. The molecule has 0 radical (unpaired) electrons. The highest BCUT2D eigenvalue weighted by Crippen LogP contribution is 2.22.